The molecule has 0 bridgehead atoms. The maximum absolute atomic E-state index is 4.69. The van der Waals surface area contributed by atoms with Crippen molar-refractivity contribution < 1.29 is 0 Å². The summed E-state index contributed by atoms with van der Waals surface area (Å²) in [5.74, 6) is 1.54. The molecule has 4 rings (SSSR count). The van der Waals surface area contributed by atoms with Crippen LogP contribution in [0.5, 0.6) is 0 Å². The summed E-state index contributed by atoms with van der Waals surface area (Å²) in [6.07, 6.45) is 3.02. The van der Waals surface area contributed by atoms with Gasteiger partial charge >= 0.3 is 0 Å². The molecule has 0 fully saturated rings. The normalized spacial score (nSPS) is 10.9. The molecule has 2 heterocycles. The van der Waals surface area contributed by atoms with Gasteiger partial charge in [0.05, 0.1) is 0 Å². The zero-order valence-electron chi connectivity index (χ0n) is 15.6. The maximum atomic E-state index is 4.69. The van der Waals surface area contributed by atoms with E-state index in [0.717, 1.165) is 30.2 Å². The van der Waals surface area contributed by atoms with Crippen molar-refractivity contribution in [1.29, 1.82) is 0 Å². The van der Waals surface area contributed by atoms with Crippen molar-refractivity contribution in [2.24, 2.45) is 0 Å². The van der Waals surface area contributed by atoms with Crippen LogP contribution in [0.3, 0.4) is 0 Å². The first-order valence-corrected chi connectivity index (χ1v) is 9.14. The summed E-state index contributed by atoms with van der Waals surface area (Å²) < 4.78 is 0. The Morgan fingerprint density at radius 3 is 2.63 bits per heavy atom. The van der Waals surface area contributed by atoms with Gasteiger partial charge < -0.3 is 15.2 Å². The summed E-state index contributed by atoms with van der Waals surface area (Å²) in [5.41, 5.74) is 4.49. The van der Waals surface area contributed by atoms with Crippen LogP contribution < -0.4 is 10.2 Å². The number of H-pyrrole nitrogens is 1. The summed E-state index contributed by atoms with van der Waals surface area (Å²) >= 11 is 0. The first-order chi connectivity index (χ1) is 13.2. The second-order valence-corrected chi connectivity index (χ2v) is 6.63. The van der Waals surface area contributed by atoms with Crippen LogP contribution in [0, 0.1) is 6.92 Å². The third kappa shape index (κ3) is 3.77. The second kappa shape index (κ2) is 7.50. The van der Waals surface area contributed by atoms with Crippen LogP contribution in [0.15, 0.2) is 66.9 Å². The van der Waals surface area contributed by atoms with Gasteiger partial charge in [0.2, 0.25) is 5.95 Å². The highest BCUT2D eigenvalue weighted by Gasteiger charge is 2.09. The number of nitrogens with one attached hydrogen (secondary N) is 2. The molecule has 2 aromatic heterocycles. The summed E-state index contributed by atoms with van der Waals surface area (Å²) in [6, 6.07) is 20.5. The van der Waals surface area contributed by atoms with Crippen molar-refractivity contribution in [1.82, 2.24) is 15.0 Å². The van der Waals surface area contributed by atoms with E-state index in [2.05, 4.69) is 62.9 Å². The number of aromatic nitrogens is 3. The molecule has 27 heavy (non-hydrogen) atoms. The Bertz CT molecular complexity index is 1040. The number of aromatic amines is 1. The van der Waals surface area contributed by atoms with Crippen molar-refractivity contribution >= 4 is 28.4 Å². The van der Waals surface area contributed by atoms with Gasteiger partial charge in [0, 0.05) is 48.1 Å². The first kappa shape index (κ1) is 17.1. The molecule has 2 aromatic carbocycles. The van der Waals surface area contributed by atoms with Crippen LogP contribution in [-0.2, 0) is 6.42 Å². The highest BCUT2D eigenvalue weighted by atomic mass is 15.2. The number of aryl methyl sites for hydroxylation is 1. The van der Waals surface area contributed by atoms with Crippen LogP contribution >= 0.6 is 0 Å². The Morgan fingerprint density at radius 2 is 1.78 bits per heavy atom. The van der Waals surface area contributed by atoms with Gasteiger partial charge in [-0.1, -0.05) is 36.4 Å². The predicted molar refractivity (Wildman–Crippen MR) is 112 cm³/mol. The van der Waals surface area contributed by atoms with Crippen molar-refractivity contribution in [2.45, 2.75) is 13.3 Å². The van der Waals surface area contributed by atoms with E-state index in [0.29, 0.717) is 5.95 Å². The third-order valence-electron chi connectivity index (χ3n) is 4.66. The molecule has 0 saturated heterocycles. The molecule has 5 heteroatoms. The monoisotopic (exact) mass is 357 g/mol. The van der Waals surface area contributed by atoms with E-state index in [9.17, 15) is 0 Å². The summed E-state index contributed by atoms with van der Waals surface area (Å²) in [7, 11) is 1.99. The van der Waals surface area contributed by atoms with Gasteiger partial charge in [-0.05, 0) is 37.1 Å². The molecule has 0 aliphatic heterocycles. The van der Waals surface area contributed by atoms with Crippen LogP contribution in [0.25, 0.3) is 10.9 Å². The van der Waals surface area contributed by atoms with Crippen molar-refractivity contribution in [2.75, 3.05) is 23.8 Å². The molecule has 2 N–H and O–H groups in total. The van der Waals surface area contributed by atoms with Crippen molar-refractivity contribution in [3.05, 3.63) is 78.1 Å². The average Bonchev–Trinajstić information content (AvgIpc) is 3.11. The quantitative estimate of drug-likeness (QED) is 0.526. The standard InChI is InChI=1S/C22H23N5/c1-16-14-21(26-22(25-16)27(2)18-8-4-3-5-9-18)23-13-12-17-15-24-20-11-7-6-10-19(17)20/h3-11,14-15,24H,12-13H2,1-2H3,(H,23,25,26). The fourth-order valence-electron chi connectivity index (χ4n) is 3.22. The molecule has 0 amide bonds. The van der Waals surface area contributed by atoms with E-state index in [4.69, 9.17) is 0 Å². The molecule has 0 saturated carbocycles. The van der Waals surface area contributed by atoms with Crippen LogP contribution in [0.1, 0.15) is 11.3 Å². The lowest BCUT2D eigenvalue weighted by molar-refractivity contribution is 0.977. The molecule has 136 valence electrons. The van der Waals surface area contributed by atoms with Crippen LogP contribution in [0.2, 0.25) is 0 Å². The fraction of sp³-hybridized carbons (Fsp3) is 0.182. The third-order valence-corrected chi connectivity index (χ3v) is 4.66. The number of hydrogen-bond acceptors (Lipinski definition) is 4. The van der Waals surface area contributed by atoms with Crippen molar-refractivity contribution in [3.8, 4) is 0 Å². The highest BCUT2D eigenvalue weighted by molar-refractivity contribution is 5.83. The minimum Gasteiger partial charge on any atom is -0.370 e. The van der Waals surface area contributed by atoms with E-state index in [1.54, 1.807) is 0 Å². The molecule has 0 unspecified atom stereocenters. The lowest BCUT2D eigenvalue weighted by Crippen LogP contribution is -2.15. The minimum absolute atomic E-state index is 0.691. The number of nitrogens with zero attached hydrogens (tertiary/aromatic N) is 3. The van der Waals surface area contributed by atoms with Crippen LogP contribution in [-0.4, -0.2) is 28.5 Å². The number of hydrogen-bond donors (Lipinski definition) is 2. The van der Waals surface area contributed by atoms with Gasteiger partial charge in [-0.3, -0.25) is 0 Å². The zero-order valence-corrected chi connectivity index (χ0v) is 15.6. The van der Waals surface area contributed by atoms with E-state index < -0.39 is 0 Å². The molecule has 4 aromatic rings. The number of benzene rings is 2. The van der Waals surface area contributed by atoms with Gasteiger partial charge in [-0.25, -0.2) is 4.98 Å². The first-order valence-electron chi connectivity index (χ1n) is 9.14. The topological polar surface area (TPSA) is 56.8 Å². The van der Waals surface area contributed by atoms with Gasteiger partial charge in [0.25, 0.3) is 0 Å². The Labute approximate surface area is 159 Å². The number of anilines is 3. The summed E-state index contributed by atoms with van der Waals surface area (Å²) in [6.45, 7) is 2.81. The zero-order chi connectivity index (χ0) is 18.6. The number of fused-ring (bicyclic) bond motifs is 1. The molecule has 0 aliphatic carbocycles. The molecule has 0 aliphatic rings. The van der Waals surface area contributed by atoms with Gasteiger partial charge in [-0.15, -0.1) is 0 Å². The van der Waals surface area contributed by atoms with E-state index in [-0.39, 0.29) is 0 Å². The summed E-state index contributed by atoms with van der Waals surface area (Å²) in [4.78, 5) is 14.6. The van der Waals surface area contributed by atoms with Gasteiger partial charge in [0.15, 0.2) is 0 Å². The van der Waals surface area contributed by atoms with E-state index >= 15 is 0 Å². The molecular weight excluding hydrogens is 334 g/mol. The maximum Gasteiger partial charge on any atom is 0.231 e. The van der Waals surface area contributed by atoms with E-state index in [1.165, 1.54) is 16.5 Å². The van der Waals surface area contributed by atoms with E-state index in [1.807, 2.05) is 43.1 Å². The van der Waals surface area contributed by atoms with Gasteiger partial charge in [0.1, 0.15) is 5.82 Å². The second-order valence-electron chi connectivity index (χ2n) is 6.63. The summed E-state index contributed by atoms with van der Waals surface area (Å²) in [5, 5.41) is 4.72. The largest absolute Gasteiger partial charge is 0.370 e. The Kier molecular flexibility index (Phi) is 4.75. The molecule has 0 atom stereocenters. The number of para-hydroxylation sites is 2. The molecular formula is C22H23N5. The SMILES string of the molecule is Cc1cc(NCCc2c[nH]c3ccccc23)nc(N(C)c2ccccc2)n1. The Hall–Kier alpha value is -3.34. The Balaban J connectivity index is 1.47. The molecule has 0 spiro atoms. The van der Waals surface area contributed by atoms with Gasteiger partial charge in [-0.2, -0.15) is 4.98 Å². The fourth-order valence-corrected chi connectivity index (χ4v) is 3.22. The Morgan fingerprint density at radius 1 is 1.00 bits per heavy atom. The lowest BCUT2D eigenvalue weighted by atomic mass is 10.1. The molecule has 0 radical (unpaired) electrons. The average molecular weight is 357 g/mol. The lowest BCUT2D eigenvalue weighted by Gasteiger charge is -2.18. The predicted octanol–water partition coefficient (Wildman–Crippen LogP) is 4.69. The highest BCUT2D eigenvalue weighted by Crippen LogP contribution is 2.22. The smallest absolute Gasteiger partial charge is 0.231 e. The molecule has 5 nitrogen and oxygen atoms in total. The number of rotatable bonds is 6. The minimum atomic E-state index is 0.691. The van der Waals surface area contributed by atoms with Crippen LogP contribution in [0.4, 0.5) is 17.5 Å². The van der Waals surface area contributed by atoms with Crippen molar-refractivity contribution in [3.63, 3.8) is 0 Å².